The lowest BCUT2D eigenvalue weighted by Gasteiger charge is -2.40. The molecule has 1 heterocycles. The van der Waals surface area contributed by atoms with Crippen LogP contribution in [0.3, 0.4) is 0 Å². The zero-order valence-electron chi connectivity index (χ0n) is 15.0. The summed E-state index contributed by atoms with van der Waals surface area (Å²) in [5.41, 5.74) is 0.802. The van der Waals surface area contributed by atoms with Crippen molar-refractivity contribution in [2.75, 3.05) is 10.6 Å². The minimum Gasteiger partial charge on any atom is -0.325 e. The van der Waals surface area contributed by atoms with Crippen LogP contribution in [-0.2, 0) is 15.0 Å². The van der Waals surface area contributed by atoms with Gasteiger partial charge in [-0.15, -0.1) is 0 Å². The summed E-state index contributed by atoms with van der Waals surface area (Å²) in [4.78, 5) is 29.1. The molecule has 2 amide bonds. The van der Waals surface area contributed by atoms with Crippen molar-refractivity contribution in [2.45, 2.75) is 43.9 Å². The molecule has 2 aromatic rings. The highest BCUT2D eigenvalue weighted by molar-refractivity contribution is 6.00. The number of rotatable bonds is 6. The van der Waals surface area contributed by atoms with Crippen LogP contribution in [0.15, 0.2) is 42.6 Å². The van der Waals surface area contributed by atoms with Crippen LogP contribution in [0.2, 0.25) is 0 Å². The second-order valence-electron chi connectivity index (χ2n) is 7.52. The Morgan fingerprint density at radius 3 is 2.37 bits per heavy atom. The minimum atomic E-state index is -0.613. The van der Waals surface area contributed by atoms with Gasteiger partial charge in [-0.05, 0) is 67.5 Å². The second-order valence-corrected chi connectivity index (χ2v) is 7.52. The first-order valence-corrected chi connectivity index (χ1v) is 9.39. The fourth-order valence-electron chi connectivity index (χ4n) is 3.49. The van der Waals surface area contributed by atoms with Crippen molar-refractivity contribution in [1.29, 1.82) is 0 Å². The molecule has 0 aliphatic heterocycles. The summed E-state index contributed by atoms with van der Waals surface area (Å²) in [6.45, 7) is 0. The Labute approximate surface area is 157 Å². The highest BCUT2D eigenvalue weighted by Gasteiger charge is 2.46. The molecule has 0 spiro atoms. The van der Waals surface area contributed by atoms with Crippen molar-refractivity contribution < 1.29 is 14.0 Å². The molecule has 1 aromatic heterocycles. The number of hydrogen-bond acceptors (Lipinski definition) is 3. The molecule has 0 radical (unpaired) electrons. The SMILES string of the molecule is O=C(CC1CC1)Nc1ccc(C2(C(=O)Nc3ccc(F)cc3)CCC2)cn1. The normalized spacial score (nSPS) is 17.7. The fraction of sp³-hybridized carbons (Fsp3) is 0.381. The van der Waals surface area contributed by atoms with E-state index in [2.05, 4.69) is 15.6 Å². The van der Waals surface area contributed by atoms with Gasteiger partial charge >= 0.3 is 0 Å². The number of nitrogens with one attached hydrogen (secondary N) is 2. The molecule has 0 saturated heterocycles. The standard InChI is InChI=1S/C21H22FN3O2/c22-16-5-7-17(8-6-16)24-20(27)21(10-1-11-21)15-4-9-18(23-13-15)25-19(26)12-14-2-3-14/h4-9,13-14H,1-3,10-12H2,(H,24,27)(H,23,25,26). The minimum absolute atomic E-state index is 0.00911. The maximum absolute atomic E-state index is 13.1. The Morgan fingerprint density at radius 1 is 1.07 bits per heavy atom. The van der Waals surface area contributed by atoms with Crippen molar-refractivity contribution in [3.63, 3.8) is 0 Å². The zero-order chi connectivity index (χ0) is 18.9. The number of hydrogen-bond donors (Lipinski definition) is 2. The van der Waals surface area contributed by atoms with Crippen LogP contribution < -0.4 is 10.6 Å². The van der Waals surface area contributed by atoms with Crippen molar-refractivity contribution in [3.05, 3.63) is 54.0 Å². The lowest BCUT2D eigenvalue weighted by molar-refractivity contribution is -0.124. The van der Waals surface area contributed by atoms with Gasteiger partial charge in [-0.3, -0.25) is 9.59 Å². The lowest BCUT2D eigenvalue weighted by atomic mass is 9.64. The van der Waals surface area contributed by atoms with Gasteiger partial charge in [0.1, 0.15) is 11.6 Å². The predicted octanol–water partition coefficient (Wildman–Crippen LogP) is 4.02. The molecule has 2 saturated carbocycles. The molecule has 4 rings (SSSR count). The average Bonchev–Trinajstić information content (AvgIpc) is 3.41. The van der Waals surface area contributed by atoms with Gasteiger partial charge in [0, 0.05) is 18.3 Å². The molecule has 27 heavy (non-hydrogen) atoms. The van der Waals surface area contributed by atoms with Crippen LogP contribution in [0, 0.1) is 11.7 Å². The van der Waals surface area contributed by atoms with Crippen molar-refractivity contribution in [2.24, 2.45) is 5.92 Å². The van der Waals surface area contributed by atoms with Gasteiger partial charge in [0.25, 0.3) is 0 Å². The Hall–Kier alpha value is -2.76. The quantitative estimate of drug-likeness (QED) is 0.810. The molecule has 0 unspecified atom stereocenters. The molecule has 5 nitrogen and oxygen atoms in total. The number of carbonyl (C=O) groups excluding carboxylic acids is 2. The molecule has 2 N–H and O–H groups in total. The third-order valence-corrected chi connectivity index (χ3v) is 5.50. The van der Waals surface area contributed by atoms with Gasteiger partial charge in [0.2, 0.25) is 11.8 Å². The predicted molar refractivity (Wildman–Crippen MR) is 101 cm³/mol. The van der Waals surface area contributed by atoms with Gasteiger partial charge in [-0.1, -0.05) is 12.5 Å². The number of carbonyl (C=O) groups is 2. The van der Waals surface area contributed by atoms with Crippen LogP contribution in [0.1, 0.15) is 44.1 Å². The molecule has 2 fully saturated rings. The summed E-state index contributed by atoms with van der Waals surface area (Å²) in [7, 11) is 0. The monoisotopic (exact) mass is 367 g/mol. The number of aromatic nitrogens is 1. The molecule has 0 bridgehead atoms. The summed E-state index contributed by atoms with van der Waals surface area (Å²) in [6, 6.07) is 9.37. The summed E-state index contributed by atoms with van der Waals surface area (Å²) in [6.07, 6.45) is 6.95. The van der Waals surface area contributed by atoms with Gasteiger partial charge in [0.05, 0.1) is 5.41 Å². The highest BCUT2D eigenvalue weighted by Crippen LogP contribution is 2.44. The summed E-state index contributed by atoms with van der Waals surface area (Å²) in [5, 5.41) is 5.70. The van der Waals surface area contributed by atoms with E-state index in [1.165, 1.54) is 12.1 Å². The van der Waals surface area contributed by atoms with Crippen LogP contribution in [0.5, 0.6) is 0 Å². The molecular formula is C21H22FN3O2. The fourth-order valence-corrected chi connectivity index (χ4v) is 3.49. The first-order valence-electron chi connectivity index (χ1n) is 9.39. The van der Waals surface area contributed by atoms with E-state index in [9.17, 15) is 14.0 Å². The summed E-state index contributed by atoms with van der Waals surface area (Å²) >= 11 is 0. The largest absolute Gasteiger partial charge is 0.325 e. The van der Waals surface area contributed by atoms with E-state index in [0.717, 1.165) is 37.7 Å². The first-order chi connectivity index (χ1) is 13.0. The zero-order valence-corrected chi connectivity index (χ0v) is 15.0. The van der Waals surface area contributed by atoms with Crippen molar-refractivity contribution in [1.82, 2.24) is 4.98 Å². The molecule has 140 valence electrons. The summed E-state index contributed by atoms with van der Waals surface area (Å²) in [5.74, 6) is 0.586. The Bertz CT molecular complexity index is 841. The van der Waals surface area contributed by atoms with Crippen LogP contribution in [-0.4, -0.2) is 16.8 Å². The van der Waals surface area contributed by atoms with E-state index in [-0.39, 0.29) is 17.6 Å². The number of anilines is 2. The van der Waals surface area contributed by atoms with Crippen molar-refractivity contribution in [3.8, 4) is 0 Å². The Morgan fingerprint density at radius 2 is 1.81 bits per heavy atom. The average molecular weight is 367 g/mol. The number of halogens is 1. The van der Waals surface area contributed by atoms with Gasteiger partial charge in [-0.25, -0.2) is 9.37 Å². The molecule has 1 aromatic carbocycles. The summed E-state index contributed by atoms with van der Waals surface area (Å²) < 4.78 is 13.1. The third kappa shape index (κ3) is 3.84. The van der Waals surface area contributed by atoms with Crippen LogP contribution >= 0.6 is 0 Å². The Balaban J connectivity index is 1.45. The Kier molecular flexibility index (Phi) is 4.64. The lowest BCUT2D eigenvalue weighted by Crippen LogP contribution is -2.46. The molecular weight excluding hydrogens is 345 g/mol. The van der Waals surface area contributed by atoms with Crippen LogP contribution in [0.25, 0.3) is 0 Å². The van der Waals surface area contributed by atoms with Gasteiger partial charge < -0.3 is 10.6 Å². The van der Waals surface area contributed by atoms with Gasteiger partial charge in [0.15, 0.2) is 0 Å². The van der Waals surface area contributed by atoms with E-state index in [0.29, 0.717) is 23.8 Å². The number of nitrogens with zero attached hydrogens (tertiary/aromatic N) is 1. The van der Waals surface area contributed by atoms with E-state index in [4.69, 9.17) is 0 Å². The number of benzene rings is 1. The molecule has 2 aliphatic carbocycles. The second kappa shape index (κ2) is 7.10. The van der Waals surface area contributed by atoms with E-state index >= 15 is 0 Å². The third-order valence-electron chi connectivity index (χ3n) is 5.50. The number of pyridine rings is 1. The van der Waals surface area contributed by atoms with E-state index in [1.807, 2.05) is 6.07 Å². The molecule has 2 aliphatic rings. The highest BCUT2D eigenvalue weighted by atomic mass is 19.1. The topological polar surface area (TPSA) is 71.1 Å². The number of amides is 2. The first kappa shape index (κ1) is 17.6. The maximum Gasteiger partial charge on any atom is 0.235 e. The molecule has 6 heteroatoms. The van der Waals surface area contributed by atoms with Crippen LogP contribution in [0.4, 0.5) is 15.9 Å². The molecule has 0 atom stereocenters. The van der Waals surface area contributed by atoms with Gasteiger partial charge in [-0.2, -0.15) is 0 Å². The maximum atomic E-state index is 13.1. The van der Waals surface area contributed by atoms with Crippen molar-refractivity contribution >= 4 is 23.3 Å². The van der Waals surface area contributed by atoms with E-state index in [1.54, 1.807) is 24.4 Å². The smallest absolute Gasteiger partial charge is 0.235 e. The van der Waals surface area contributed by atoms with E-state index < -0.39 is 5.41 Å².